The molecular weight excluding hydrogens is 433 g/mol. The maximum atomic E-state index is 11.5. The number of unbranched alkanes of at least 4 members (excludes halogenated alkanes) is 15. The first kappa shape index (κ1) is 35.2. The van der Waals surface area contributed by atoms with Crippen LogP contribution in [-0.2, 0) is 13.6 Å². The van der Waals surface area contributed by atoms with Gasteiger partial charge in [0.05, 0.1) is 40.9 Å². The van der Waals surface area contributed by atoms with Crippen LogP contribution < -0.4 is 4.89 Å². The van der Waals surface area contributed by atoms with Crippen molar-refractivity contribution in [3.63, 3.8) is 0 Å². The summed E-state index contributed by atoms with van der Waals surface area (Å²) < 4.78 is 22.3. The van der Waals surface area contributed by atoms with Crippen molar-refractivity contribution in [3.05, 3.63) is 0 Å². The summed E-state index contributed by atoms with van der Waals surface area (Å²) in [7, 11) is 2.74. The third-order valence-corrected chi connectivity index (χ3v) is 6.67. The molecule has 0 aromatic rings. The summed E-state index contributed by atoms with van der Waals surface area (Å²) in [4.78, 5) is 11.5. The molecule has 33 heavy (non-hydrogen) atoms. The van der Waals surface area contributed by atoms with E-state index in [1.807, 2.05) is 0 Å². The van der Waals surface area contributed by atoms with Crippen LogP contribution >= 0.6 is 7.82 Å². The Morgan fingerprint density at radius 2 is 0.848 bits per heavy atom. The van der Waals surface area contributed by atoms with Gasteiger partial charge < -0.3 is 18.4 Å². The molecule has 0 radical (unpaired) electrons. The molecule has 0 unspecified atom stereocenters. The van der Waals surface area contributed by atoms with E-state index in [1.165, 1.54) is 83.6 Å². The number of quaternary nitrogens is 1. The quantitative estimate of drug-likeness (QED) is 0.0816. The van der Waals surface area contributed by atoms with Gasteiger partial charge in [0.25, 0.3) is 7.82 Å². The van der Waals surface area contributed by atoms with Gasteiger partial charge in [-0.1, -0.05) is 111 Å². The number of rotatable bonds is 23. The van der Waals surface area contributed by atoms with Gasteiger partial charge in [-0.15, -0.1) is 0 Å². The fourth-order valence-electron chi connectivity index (χ4n) is 3.52. The molecule has 0 aromatic heterocycles. The summed E-state index contributed by atoms with van der Waals surface area (Å²) in [5, 5.41) is 0. The number of nitrogens with zero attached hydrogens (tertiary/aromatic N) is 1. The van der Waals surface area contributed by atoms with Crippen molar-refractivity contribution in [1.29, 1.82) is 0 Å². The molecule has 0 amide bonds. The van der Waals surface area contributed by atoms with Crippen molar-refractivity contribution in [2.45, 2.75) is 136 Å². The van der Waals surface area contributed by atoms with Crippen LogP contribution in [0.4, 0.5) is 0 Å². The van der Waals surface area contributed by atoms with Gasteiger partial charge >= 0.3 is 0 Å². The third kappa shape index (κ3) is 34.3. The van der Waals surface area contributed by atoms with Crippen molar-refractivity contribution in [3.8, 4) is 0 Å². The molecule has 0 atom stereocenters. The lowest BCUT2D eigenvalue weighted by Gasteiger charge is -2.23. The normalized spacial score (nSPS) is 12.0. The molecule has 0 fully saturated rings. The van der Waals surface area contributed by atoms with Crippen LogP contribution in [-0.4, -0.2) is 45.4 Å². The van der Waals surface area contributed by atoms with Gasteiger partial charge in [0.2, 0.25) is 0 Å². The summed E-state index contributed by atoms with van der Waals surface area (Å²) >= 11 is 0. The Bertz CT molecular complexity index is 405. The molecule has 0 aromatic carbocycles. The molecule has 202 valence electrons. The summed E-state index contributed by atoms with van der Waals surface area (Å²) in [6.45, 7) is 8.46. The van der Waals surface area contributed by atoms with Gasteiger partial charge in [-0.25, -0.2) is 0 Å². The molecule has 0 aliphatic rings. The first-order valence-electron chi connectivity index (χ1n) is 14.1. The number of hydrogen-bond donors (Lipinski definition) is 0. The topological polar surface area (TPSA) is 58.6 Å². The van der Waals surface area contributed by atoms with Gasteiger partial charge in [0.15, 0.2) is 0 Å². The smallest absolute Gasteiger partial charge is 0.267 e. The zero-order valence-corrected chi connectivity index (χ0v) is 24.3. The predicted molar refractivity (Wildman–Crippen MR) is 143 cm³/mol. The largest absolute Gasteiger partial charge is 0.756 e. The number of hydrogen-bond acceptors (Lipinski definition) is 4. The van der Waals surface area contributed by atoms with Crippen LogP contribution in [0.2, 0.25) is 0 Å². The van der Waals surface area contributed by atoms with Crippen LogP contribution in [0.25, 0.3) is 0 Å². The second-order valence-electron chi connectivity index (χ2n) is 10.4. The molecule has 0 heterocycles. The molecule has 0 saturated carbocycles. The molecule has 0 aliphatic heterocycles. The lowest BCUT2D eigenvalue weighted by atomic mass is 10.1. The molecule has 0 spiro atoms. The van der Waals surface area contributed by atoms with Gasteiger partial charge in [0.1, 0.15) is 0 Å². The van der Waals surface area contributed by atoms with Crippen LogP contribution in [0.3, 0.4) is 0 Å². The van der Waals surface area contributed by atoms with Gasteiger partial charge in [0, 0.05) is 0 Å². The van der Waals surface area contributed by atoms with Crippen LogP contribution in [0.15, 0.2) is 0 Å². The second kappa shape index (κ2) is 25.2. The number of phosphoric acid groups is 1. The average Bonchev–Trinajstić information content (AvgIpc) is 2.74. The molecule has 0 aliphatic carbocycles. The standard InChI is InChI=1S/C16H35O4P.C11H26N/c1-3-5-7-9-11-13-15-19-21(17,18)20-16-14-12-10-8-6-4-2;1-5-6-7-8-9-10-11-12(2,3)4/h3-16H2,1-2H3,(H,17,18);5-11H2,1-4H3/q;+1/p-1. The Morgan fingerprint density at radius 1 is 0.545 bits per heavy atom. The van der Waals surface area contributed by atoms with Gasteiger partial charge in [-0.3, -0.25) is 4.57 Å². The Morgan fingerprint density at radius 3 is 1.18 bits per heavy atom. The summed E-state index contributed by atoms with van der Waals surface area (Å²) in [5.41, 5.74) is 0. The van der Waals surface area contributed by atoms with Crippen LogP contribution in [0.1, 0.15) is 136 Å². The van der Waals surface area contributed by atoms with Crippen molar-refractivity contribution in [2.75, 3.05) is 40.9 Å². The monoisotopic (exact) mass is 493 g/mol. The molecule has 6 heteroatoms. The minimum absolute atomic E-state index is 0.253. The molecule has 5 nitrogen and oxygen atoms in total. The maximum Gasteiger partial charge on any atom is 0.267 e. The van der Waals surface area contributed by atoms with E-state index in [0.29, 0.717) is 0 Å². The molecule has 0 N–H and O–H groups in total. The fraction of sp³-hybridized carbons (Fsp3) is 1.00. The Balaban J connectivity index is 0. The highest BCUT2D eigenvalue weighted by atomic mass is 31.2. The first-order valence-corrected chi connectivity index (χ1v) is 15.5. The SMILES string of the molecule is CCCCCCCCOP(=O)([O-])OCCCCCCCC.CCCCCCCC[N+](C)(C)C. The molecule has 0 saturated heterocycles. The highest BCUT2D eigenvalue weighted by Crippen LogP contribution is 2.38. The highest BCUT2D eigenvalue weighted by molar-refractivity contribution is 7.45. The summed E-state index contributed by atoms with van der Waals surface area (Å²) in [6.07, 6.45) is 21.8. The molecule has 0 bridgehead atoms. The highest BCUT2D eigenvalue weighted by Gasteiger charge is 2.08. The fourth-order valence-corrected chi connectivity index (χ4v) is 4.30. The Hall–Kier alpha value is 0.0700. The minimum Gasteiger partial charge on any atom is -0.756 e. The van der Waals surface area contributed by atoms with E-state index in [0.717, 1.165) is 43.0 Å². The van der Waals surface area contributed by atoms with Crippen LogP contribution in [0.5, 0.6) is 0 Å². The minimum atomic E-state index is -4.07. The summed E-state index contributed by atoms with van der Waals surface area (Å²) in [5.74, 6) is 0. The molecular formula is C27H60NO4P. The van der Waals surface area contributed by atoms with E-state index in [4.69, 9.17) is 9.05 Å². The van der Waals surface area contributed by atoms with Crippen molar-refractivity contribution in [2.24, 2.45) is 0 Å². The van der Waals surface area contributed by atoms with Crippen molar-refractivity contribution in [1.82, 2.24) is 0 Å². The maximum absolute atomic E-state index is 11.5. The predicted octanol–water partition coefficient (Wildman–Crippen LogP) is 8.26. The lowest BCUT2D eigenvalue weighted by Crippen LogP contribution is -2.35. The van der Waals surface area contributed by atoms with Gasteiger partial charge in [-0.2, -0.15) is 0 Å². The second-order valence-corrected chi connectivity index (χ2v) is 11.8. The van der Waals surface area contributed by atoms with E-state index in [-0.39, 0.29) is 13.2 Å². The zero-order chi connectivity index (χ0) is 25.3. The Kier molecular flexibility index (Phi) is 26.9. The lowest BCUT2D eigenvalue weighted by molar-refractivity contribution is -0.870. The third-order valence-electron chi connectivity index (χ3n) is 5.68. The summed E-state index contributed by atoms with van der Waals surface area (Å²) in [6, 6.07) is 0. The van der Waals surface area contributed by atoms with E-state index in [9.17, 15) is 9.46 Å². The van der Waals surface area contributed by atoms with Crippen molar-refractivity contribution >= 4 is 7.82 Å². The zero-order valence-electron chi connectivity index (χ0n) is 23.4. The van der Waals surface area contributed by atoms with E-state index >= 15 is 0 Å². The average molecular weight is 494 g/mol. The van der Waals surface area contributed by atoms with Gasteiger partial charge in [-0.05, 0) is 25.7 Å². The number of phosphoric ester groups is 1. The van der Waals surface area contributed by atoms with Crippen molar-refractivity contribution < 1.29 is 23.0 Å². The van der Waals surface area contributed by atoms with Crippen LogP contribution in [0, 0.1) is 0 Å². The first-order chi connectivity index (χ1) is 15.7. The van der Waals surface area contributed by atoms with E-state index in [1.54, 1.807) is 0 Å². The van der Waals surface area contributed by atoms with E-state index in [2.05, 4.69) is 41.9 Å². The molecule has 0 rings (SSSR count). The van der Waals surface area contributed by atoms with E-state index < -0.39 is 7.82 Å². The Labute approximate surface area is 208 Å².